The lowest BCUT2D eigenvalue weighted by Crippen LogP contribution is -2.37. The van der Waals surface area contributed by atoms with Crippen LogP contribution in [0.4, 0.5) is 4.39 Å². The number of ether oxygens (including phenoxy) is 1. The second kappa shape index (κ2) is 7.48. The number of nitrogens with one attached hydrogen (secondary N) is 1. The maximum absolute atomic E-state index is 13.5. The van der Waals surface area contributed by atoms with E-state index in [0.29, 0.717) is 25.1 Å². The van der Waals surface area contributed by atoms with E-state index in [1.807, 2.05) is 6.92 Å². The SMILES string of the molecule is CCOC(=O)C(CC)NCc1cc(Br)ccc1F. The monoisotopic (exact) mass is 317 g/mol. The molecule has 0 bridgehead atoms. The molecule has 0 spiro atoms. The number of carbonyl (C=O) groups excluding carboxylic acids is 1. The van der Waals surface area contributed by atoms with Gasteiger partial charge in [0.15, 0.2) is 0 Å². The van der Waals surface area contributed by atoms with Gasteiger partial charge in [-0.25, -0.2) is 4.39 Å². The zero-order valence-electron chi connectivity index (χ0n) is 10.5. The molecule has 0 saturated carbocycles. The van der Waals surface area contributed by atoms with Crippen LogP contribution < -0.4 is 5.32 Å². The van der Waals surface area contributed by atoms with E-state index >= 15 is 0 Å². The molecule has 1 unspecified atom stereocenters. The predicted molar refractivity (Wildman–Crippen MR) is 71.7 cm³/mol. The summed E-state index contributed by atoms with van der Waals surface area (Å²) in [6, 6.07) is 4.33. The van der Waals surface area contributed by atoms with Gasteiger partial charge in [0.2, 0.25) is 0 Å². The van der Waals surface area contributed by atoms with Crippen LogP contribution in [0.5, 0.6) is 0 Å². The highest BCUT2D eigenvalue weighted by atomic mass is 79.9. The quantitative estimate of drug-likeness (QED) is 0.820. The van der Waals surface area contributed by atoms with Crippen molar-refractivity contribution < 1.29 is 13.9 Å². The molecule has 1 aromatic carbocycles. The van der Waals surface area contributed by atoms with Crippen LogP contribution in [0.1, 0.15) is 25.8 Å². The zero-order valence-corrected chi connectivity index (χ0v) is 12.1. The molecule has 0 aliphatic rings. The predicted octanol–water partition coefficient (Wildman–Crippen LogP) is 3.02. The Labute approximate surface area is 115 Å². The largest absolute Gasteiger partial charge is 0.465 e. The second-order valence-electron chi connectivity index (χ2n) is 3.83. The molecular weight excluding hydrogens is 301 g/mol. The summed E-state index contributed by atoms with van der Waals surface area (Å²) in [5.74, 6) is -0.584. The highest BCUT2D eigenvalue weighted by Gasteiger charge is 2.17. The summed E-state index contributed by atoms with van der Waals surface area (Å²) in [4.78, 5) is 11.6. The lowest BCUT2D eigenvalue weighted by Gasteiger charge is -2.15. The molecular formula is C13H17BrFNO2. The molecule has 0 radical (unpaired) electrons. The highest BCUT2D eigenvalue weighted by Crippen LogP contribution is 2.15. The van der Waals surface area contributed by atoms with E-state index in [9.17, 15) is 9.18 Å². The summed E-state index contributed by atoms with van der Waals surface area (Å²) in [7, 11) is 0. The maximum Gasteiger partial charge on any atom is 0.323 e. The molecule has 0 aliphatic heterocycles. The fraction of sp³-hybridized carbons (Fsp3) is 0.462. The second-order valence-corrected chi connectivity index (χ2v) is 4.75. The first-order valence-corrected chi connectivity index (χ1v) is 6.71. The van der Waals surface area contributed by atoms with Crippen LogP contribution in [0.25, 0.3) is 0 Å². The summed E-state index contributed by atoms with van der Waals surface area (Å²) in [5, 5.41) is 3.00. The van der Waals surface area contributed by atoms with Gasteiger partial charge in [0.05, 0.1) is 6.61 Å². The molecule has 1 N–H and O–H groups in total. The molecule has 3 nitrogen and oxygen atoms in total. The van der Waals surface area contributed by atoms with Gasteiger partial charge in [0.1, 0.15) is 11.9 Å². The Kier molecular flexibility index (Phi) is 6.29. The standard InChI is InChI=1S/C13H17BrFNO2/c1-3-12(13(17)18-4-2)16-8-9-7-10(14)5-6-11(9)15/h5-7,12,16H,3-4,8H2,1-2H3. The molecule has 1 atom stereocenters. The summed E-state index contributed by atoms with van der Waals surface area (Å²) in [6.45, 7) is 4.29. The van der Waals surface area contributed by atoms with Crippen molar-refractivity contribution in [2.45, 2.75) is 32.9 Å². The third-order valence-electron chi connectivity index (χ3n) is 2.53. The van der Waals surface area contributed by atoms with Gasteiger partial charge < -0.3 is 10.1 Å². The van der Waals surface area contributed by atoms with Crippen molar-refractivity contribution in [2.75, 3.05) is 6.61 Å². The third-order valence-corrected chi connectivity index (χ3v) is 3.02. The fourth-order valence-electron chi connectivity index (χ4n) is 1.55. The lowest BCUT2D eigenvalue weighted by molar-refractivity contribution is -0.145. The van der Waals surface area contributed by atoms with Gasteiger partial charge in [-0.2, -0.15) is 0 Å². The Hall–Kier alpha value is -0.940. The Morgan fingerprint density at radius 1 is 1.50 bits per heavy atom. The molecule has 0 fully saturated rings. The zero-order chi connectivity index (χ0) is 13.5. The van der Waals surface area contributed by atoms with Crippen molar-refractivity contribution in [1.82, 2.24) is 5.32 Å². The number of halogens is 2. The summed E-state index contributed by atoms with van der Waals surface area (Å²) in [6.07, 6.45) is 0.606. The van der Waals surface area contributed by atoms with Crippen LogP contribution in [0, 0.1) is 5.82 Å². The van der Waals surface area contributed by atoms with E-state index in [1.165, 1.54) is 6.07 Å². The minimum Gasteiger partial charge on any atom is -0.465 e. The number of carbonyl (C=O) groups is 1. The average molecular weight is 318 g/mol. The lowest BCUT2D eigenvalue weighted by atomic mass is 10.1. The Morgan fingerprint density at radius 2 is 2.22 bits per heavy atom. The van der Waals surface area contributed by atoms with E-state index < -0.39 is 6.04 Å². The van der Waals surface area contributed by atoms with E-state index in [1.54, 1.807) is 19.1 Å². The molecule has 0 aliphatic carbocycles. The minimum absolute atomic E-state index is 0.288. The minimum atomic E-state index is -0.400. The van der Waals surface area contributed by atoms with E-state index in [-0.39, 0.29) is 11.8 Å². The normalized spacial score (nSPS) is 12.2. The van der Waals surface area contributed by atoms with Crippen molar-refractivity contribution in [3.05, 3.63) is 34.1 Å². The molecule has 5 heteroatoms. The first-order chi connectivity index (χ1) is 8.58. The smallest absolute Gasteiger partial charge is 0.323 e. The third kappa shape index (κ3) is 4.38. The van der Waals surface area contributed by atoms with Crippen molar-refractivity contribution in [3.8, 4) is 0 Å². The first kappa shape index (κ1) is 15.1. The van der Waals surface area contributed by atoms with Gasteiger partial charge in [0, 0.05) is 16.6 Å². The number of benzene rings is 1. The number of rotatable bonds is 6. The number of esters is 1. The van der Waals surface area contributed by atoms with Gasteiger partial charge in [-0.3, -0.25) is 4.79 Å². The van der Waals surface area contributed by atoms with Crippen LogP contribution >= 0.6 is 15.9 Å². The number of hydrogen-bond acceptors (Lipinski definition) is 3. The Balaban J connectivity index is 2.62. The molecule has 1 aromatic rings. The van der Waals surface area contributed by atoms with Crippen LogP contribution in [-0.2, 0) is 16.1 Å². The number of hydrogen-bond donors (Lipinski definition) is 1. The highest BCUT2D eigenvalue weighted by molar-refractivity contribution is 9.10. The molecule has 0 heterocycles. The van der Waals surface area contributed by atoms with Gasteiger partial charge in [-0.05, 0) is 31.5 Å². The van der Waals surface area contributed by atoms with Crippen molar-refractivity contribution in [2.24, 2.45) is 0 Å². The van der Waals surface area contributed by atoms with Crippen LogP contribution in [0.2, 0.25) is 0 Å². The summed E-state index contributed by atoms with van der Waals surface area (Å²) < 4.78 is 19.2. The van der Waals surface area contributed by atoms with Crippen molar-refractivity contribution >= 4 is 21.9 Å². The van der Waals surface area contributed by atoms with Crippen LogP contribution in [0.15, 0.2) is 22.7 Å². The first-order valence-electron chi connectivity index (χ1n) is 5.92. The molecule has 0 saturated heterocycles. The van der Waals surface area contributed by atoms with E-state index in [2.05, 4.69) is 21.2 Å². The maximum atomic E-state index is 13.5. The fourth-order valence-corrected chi connectivity index (χ4v) is 1.96. The van der Waals surface area contributed by atoms with Crippen molar-refractivity contribution in [1.29, 1.82) is 0 Å². The molecule has 0 aromatic heterocycles. The Morgan fingerprint density at radius 3 is 2.83 bits per heavy atom. The van der Waals surface area contributed by atoms with Crippen molar-refractivity contribution in [3.63, 3.8) is 0 Å². The van der Waals surface area contributed by atoms with Crippen LogP contribution in [-0.4, -0.2) is 18.6 Å². The van der Waals surface area contributed by atoms with Gasteiger partial charge >= 0.3 is 5.97 Å². The average Bonchev–Trinajstić information content (AvgIpc) is 2.34. The molecule has 100 valence electrons. The van der Waals surface area contributed by atoms with Gasteiger partial charge in [-0.15, -0.1) is 0 Å². The van der Waals surface area contributed by atoms with Gasteiger partial charge in [0.25, 0.3) is 0 Å². The van der Waals surface area contributed by atoms with Gasteiger partial charge in [-0.1, -0.05) is 22.9 Å². The molecule has 18 heavy (non-hydrogen) atoms. The van der Waals surface area contributed by atoms with Crippen LogP contribution in [0.3, 0.4) is 0 Å². The summed E-state index contributed by atoms with van der Waals surface area (Å²) in [5.41, 5.74) is 0.520. The van der Waals surface area contributed by atoms with E-state index in [4.69, 9.17) is 4.74 Å². The van der Waals surface area contributed by atoms with E-state index in [0.717, 1.165) is 4.47 Å². The topological polar surface area (TPSA) is 38.3 Å². The summed E-state index contributed by atoms with van der Waals surface area (Å²) >= 11 is 3.29. The Bertz CT molecular complexity index is 412. The molecule has 1 rings (SSSR count). The molecule has 0 amide bonds.